The van der Waals surface area contributed by atoms with Crippen LogP contribution >= 0.6 is 11.6 Å². The van der Waals surface area contributed by atoms with Gasteiger partial charge < -0.3 is 19.3 Å². The Morgan fingerprint density at radius 3 is 2.40 bits per heavy atom. The van der Waals surface area contributed by atoms with Gasteiger partial charge in [-0.15, -0.1) is 0 Å². The summed E-state index contributed by atoms with van der Waals surface area (Å²) in [6, 6.07) is 17.6. The van der Waals surface area contributed by atoms with Gasteiger partial charge in [0.15, 0.2) is 0 Å². The summed E-state index contributed by atoms with van der Waals surface area (Å²) in [5, 5.41) is 0.706. The van der Waals surface area contributed by atoms with Crippen LogP contribution in [0.25, 0.3) is 0 Å². The second-order valence-corrected chi connectivity index (χ2v) is 9.36. The van der Waals surface area contributed by atoms with Crippen molar-refractivity contribution in [1.29, 1.82) is 0 Å². The van der Waals surface area contributed by atoms with Crippen molar-refractivity contribution in [3.63, 3.8) is 0 Å². The van der Waals surface area contributed by atoms with Crippen LogP contribution in [0.3, 0.4) is 0 Å². The first-order chi connectivity index (χ1) is 16.9. The summed E-state index contributed by atoms with van der Waals surface area (Å²) < 4.78 is 11.8. The van der Waals surface area contributed by atoms with E-state index in [1.165, 1.54) is 16.8 Å². The minimum atomic E-state index is 0.0391. The molecule has 184 valence electrons. The molecular weight excluding hydrogens is 460 g/mol. The highest BCUT2D eigenvalue weighted by atomic mass is 35.5. The number of hydrogen-bond acceptors (Lipinski definition) is 4. The van der Waals surface area contributed by atoms with Crippen LogP contribution in [0.2, 0.25) is 5.02 Å². The van der Waals surface area contributed by atoms with E-state index in [0.717, 1.165) is 35.7 Å². The molecule has 1 heterocycles. The van der Waals surface area contributed by atoms with Crippen molar-refractivity contribution in [3.8, 4) is 11.5 Å². The number of ether oxygens (including phenoxy) is 2. The number of carbonyl (C=O) groups excluding carboxylic acids is 1. The SMILES string of the molecule is CCOc1ccc(C(=O)N2CCN(c3cccc(C)c3C)CC2)cc1COc1ccc(Cl)c(C)c1. The van der Waals surface area contributed by atoms with Crippen LogP contribution in [0.4, 0.5) is 5.69 Å². The number of amides is 1. The Bertz CT molecular complexity index is 1200. The number of halogens is 1. The van der Waals surface area contributed by atoms with Gasteiger partial charge in [-0.1, -0.05) is 23.7 Å². The second kappa shape index (κ2) is 11.0. The van der Waals surface area contributed by atoms with E-state index in [0.29, 0.717) is 36.9 Å². The maximum atomic E-state index is 13.4. The first kappa shape index (κ1) is 24.9. The summed E-state index contributed by atoms with van der Waals surface area (Å²) in [5.41, 5.74) is 6.31. The number of rotatable bonds is 7. The van der Waals surface area contributed by atoms with E-state index < -0.39 is 0 Å². The average Bonchev–Trinajstić information content (AvgIpc) is 2.87. The zero-order valence-corrected chi connectivity index (χ0v) is 21.7. The lowest BCUT2D eigenvalue weighted by atomic mass is 10.1. The summed E-state index contributed by atoms with van der Waals surface area (Å²) in [6.45, 7) is 12.1. The van der Waals surface area contributed by atoms with Gasteiger partial charge in [0, 0.05) is 48.0 Å². The molecule has 4 rings (SSSR count). The molecule has 0 saturated carbocycles. The summed E-state index contributed by atoms with van der Waals surface area (Å²) in [5.74, 6) is 1.50. The van der Waals surface area contributed by atoms with Gasteiger partial charge in [-0.25, -0.2) is 0 Å². The Kier molecular flexibility index (Phi) is 7.86. The van der Waals surface area contributed by atoms with E-state index in [-0.39, 0.29) is 5.91 Å². The van der Waals surface area contributed by atoms with Crippen LogP contribution < -0.4 is 14.4 Å². The molecule has 3 aromatic rings. The Hall–Kier alpha value is -3.18. The van der Waals surface area contributed by atoms with Gasteiger partial charge in [0.25, 0.3) is 5.91 Å². The molecule has 0 aromatic heterocycles. The molecule has 0 N–H and O–H groups in total. The van der Waals surface area contributed by atoms with Crippen molar-refractivity contribution < 1.29 is 14.3 Å². The Morgan fingerprint density at radius 1 is 0.914 bits per heavy atom. The highest BCUT2D eigenvalue weighted by molar-refractivity contribution is 6.31. The monoisotopic (exact) mass is 492 g/mol. The van der Waals surface area contributed by atoms with Crippen molar-refractivity contribution in [2.45, 2.75) is 34.3 Å². The molecule has 0 aliphatic carbocycles. The predicted octanol–water partition coefficient (Wildman–Crippen LogP) is 6.21. The van der Waals surface area contributed by atoms with E-state index in [1.807, 2.05) is 55.1 Å². The number of anilines is 1. The highest BCUT2D eigenvalue weighted by Gasteiger charge is 2.24. The molecule has 0 atom stereocenters. The molecule has 3 aromatic carbocycles. The third-order valence-electron chi connectivity index (χ3n) is 6.61. The van der Waals surface area contributed by atoms with Gasteiger partial charge in [0.05, 0.1) is 6.61 Å². The fraction of sp³-hybridized carbons (Fsp3) is 0.345. The Labute approximate surface area is 213 Å². The van der Waals surface area contributed by atoms with E-state index in [9.17, 15) is 4.79 Å². The van der Waals surface area contributed by atoms with Crippen molar-refractivity contribution in [2.24, 2.45) is 0 Å². The predicted molar refractivity (Wildman–Crippen MR) is 142 cm³/mol. The third kappa shape index (κ3) is 5.73. The quantitative estimate of drug-likeness (QED) is 0.393. The Balaban J connectivity index is 1.45. The minimum absolute atomic E-state index is 0.0391. The van der Waals surface area contributed by atoms with Crippen LogP contribution in [0.5, 0.6) is 11.5 Å². The van der Waals surface area contributed by atoms with Gasteiger partial charge in [-0.3, -0.25) is 4.79 Å². The second-order valence-electron chi connectivity index (χ2n) is 8.95. The number of carbonyl (C=O) groups is 1. The van der Waals surface area contributed by atoms with Gasteiger partial charge in [0.2, 0.25) is 0 Å². The lowest BCUT2D eigenvalue weighted by Crippen LogP contribution is -2.49. The molecule has 1 amide bonds. The molecular formula is C29H33ClN2O3. The summed E-state index contributed by atoms with van der Waals surface area (Å²) in [4.78, 5) is 17.7. The third-order valence-corrected chi connectivity index (χ3v) is 7.04. The van der Waals surface area contributed by atoms with Crippen LogP contribution in [0, 0.1) is 20.8 Å². The van der Waals surface area contributed by atoms with Crippen LogP contribution in [-0.4, -0.2) is 43.6 Å². The van der Waals surface area contributed by atoms with Crippen LogP contribution in [-0.2, 0) is 6.61 Å². The molecule has 0 unspecified atom stereocenters. The van der Waals surface area contributed by atoms with Gasteiger partial charge in [-0.05, 0) is 86.8 Å². The zero-order chi connectivity index (χ0) is 24.9. The van der Waals surface area contributed by atoms with E-state index in [1.54, 1.807) is 0 Å². The van der Waals surface area contributed by atoms with Crippen molar-refractivity contribution in [1.82, 2.24) is 4.90 Å². The summed E-state index contributed by atoms with van der Waals surface area (Å²) in [6.07, 6.45) is 0. The summed E-state index contributed by atoms with van der Waals surface area (Å²) >= 11 is 6.13. The fourth-order valence-electron chi connectivity index (χ4n) is 4.40. The normalized spacial score (nSPS) is 13.6. The smallest absolute Gasteiger partial charge is 0.253 e. The lowest BCUT2D eigenvalue weighted by Gasteiger charge is -2.37. The first-order valence-corrected chi connectivity index (χ1v) is 12.5. The summed E-state index contributed by atoms with van der Waals surface area (Å²) in [7, 11) is 0. The molecule has 1 aliphatic heterocycles. The molecule has 5 nitrogen and oxygen atoms in total. The van der Waals surface area contributed by atoms with Crippen LogP contribution in [0.1, 0.15) is 39.5 Å². The maximum Gasteiger partial charge on any atom is 0.253 e. The van der Waals surface area contributed by atoms with Gasteiger partial charge >= 0.3 is 0 Å². The zero-order valence-electron chi connectivity index (χ0n) is 20.9. The van der Waals surface area contributed by atoms with E-state index in [2.05, 4.69) is 36.9 Å². The number of benzene rings is 3. The van der Waals surface area contributed by atoms with Crippen molar-refractivity contribution in [3.05, 3.63) is 87.4 Å². The molecule has 1 saturated heterocycles. The number of aryl methyl sites for hydroxylation is 2. The van der Waals surface area contributed by atoms with Gasteiger partial charge in [-0.2, -0.15) is 0 Å². The maximum absolute atomic E-state index is 13.4. The standard InChI is InChI=1S/C29H33ClN2O3/c1-5-34-28-12-9-23(18-24(28)19-35-25-10-11-26(30)21(3)17-25)29(33)32-15-13-31(14-16-32)27-8-6-7-20(2)22(27)4/h6-12,17-18H,5,13-16,19H2,1-4H3. The number of nitrogens with zero attached hydrogens (tertiary/aromatic N) is 2. The largest absolute Gasteiger partial charge is 0.493 e. The number of piperazine rings is 1. The fourth-order valence-corrected chi connectivity index (χ4v) is 4.52. The number of hydrogen-bond donors (Lipinski definition) is 0. The molecule has 0 bridgehead atoms. The highest BCUT2D eigenvalue weighted by Crippen LogP contribution is 2.27. The van der Waals surface area contributed by atoms with E-state index in [4.69, 9.17) is 21.1 Å². The van der Waals surface area contributed by atoms with E-state index >= 15 is 0 Å². The molecule has 1 aliphatic rings. The van der Waals surface area contributed by atoms with Crippen molar-refractivity contribution in [2.75, 3.05) is 37.7 Å². The average molecular weight is 493 g/mol. The molecule has 1 fully saturated rings. The molecule has 35 heavy (non-hydrogen) atoms. The topological polar surface area (TPSA) is 42.0 Å². The van der Waals surface area contributed by atoms with Gasteiger partial charge in [0.1, 0.15) is 18.1 Å². The molecule has 6 heteroatoms. The lowest BCUT2D eigenvalue weighted by molar-refractivity contribution is 0.0746. The molecule has 0 spiro atoms. The minimum Gasteiger partial charge on any atom is -0.493 e. The van der Waals surface area contributed by atoms with Crippen LogP contribution in [0.15, 0.2) is 54.6 Å². The van der Waals surface area contributed by atoms with Crippen molar-refractivity contribution >= 4 is 23.2 Å². The molecule has 0 radical (unpaired) electrons. The Morgan fingerprint density at radius 2 is 1.69 bits per heavy atom. The first-order valence-electron chi connectivity index (χ1n) is 12.1.